The van der Waals surface area contributed by atoms with Crippen LogP contribution < -0.4 is 0 Å². The fourth-order valence-corrected chi connectivity index (χ4v) is 3.07. The summed E-state index contributed by atoms with van der Waals surface area (Å²) in [5, 5.41) is 28.0. The van der Waals surface area contributed by atoms with Crippen LogP contribution in [0.1, 0.15) is 22.6 Å². The van der Waals surface area contributed by atoms with Gasteiger partial charge in [-0.1, -0.05) is 36.4 Å². The molecule has 0 saturated carbocycles. The van der Waals surface area contributed by atoms with Crippen molar-refractivity contribution in [3.63, 3.8) is 0 Å². The second-order valence-electron chi connectivity index (χ2n) is 5.39. The van der Waals surface area contributed by atoms with E-state index in [0.29, 0.717) is 11.1 Å². The lowest BCUT2D eigenvalue weighted by atomic mass is 9.91. The Morgan fingerprint density at radius 1 is 0.917 bits per heavy atom. The van der Waals surface area contributed by atoms with Gasteiger partial charge in [0.25, 0.3) is 0 Å². The van der Waals surface area contributed by atoms with Gasteiger partial charge in [-0.25, -0.2) is 9.59 Å². The Balaban J connectivity index is 2.26. The zero-order chi connectivity index (χ0) is 17.3. The average molecular weight is 322 g/mol. The number of benzene rings is 2. The van der Waals surface area contributed by atoms with E-state index in [0.717, 1.165) is 28.8 Å². The predicted molar refractivity (Wildman–Crippen MR) is 88.8 cm³/mol. The first-order valence-electron chi connectivity index (χ1n) is 7.26. The summed E-state index contributed by atoms with van der Waals surface area (Å²) in [7, 11) is 0. The number of phenols is 1. The zero-order valence-corrected chi connectivity index (χ0v) is 12.5. The number of hydrogen-bond donors (Lipinski definition) is 3. The van der Waals surface area contributed by atoms with E-state index in [1.54, 1.807) is 12.1 Å². The van der Waals surface area contributed by atoms with E-state index < -0.39 is 11.9 Å². The van der Waals surface area contributed by atoms with Gasteiger partial charge in [-0.15, -0.1) is 0 Å². The molecule has 3 N–H and O–H groups in total. The van der Waals surface area contributed by atoms with Crippen molar-refractivity contribution in [3.05, 3.63) is 71.3 Å². The van der Waals surface area contributed by atoms with Crippen molar-refractivity contribution < 1.29 is 24.9 Å². The van der Waals surface area contributed by atoms with Gasteiger partial charge >= 0.3 is 11.9 Å². The molecule has 1 atom stereocenters. The van der Waals surface area contributed by atoms with E-state index in [1.807, 2.05) is 24.3 Å². The minimum atomic E-state index is -1.12. The molecule has 2 aromatic rings. The smallest absolute Gasteiger partial charge is 0.328 e. The summed E-state index contributed by atoms with van der Waals surface area (Å²) >= 11 is 0. The Labute approximate surface area is 137 Å². The lowest BCUT2D eigenvalue weighted by Gasteiger charge is -2.13. The Hall–Kier alpha value is -3.34. The van der Waals surface area contributed by atoms with Crippen molar-refractivity contribution in [1.82, 2.24) is 0 Å². The summed E-state index contributed by atoms with van der Waals surface area (Å²) in [4.78, 5) is 21.8. The third-order valence-electron chi connectivity index (χ3n) is 3.99. The molecule has 2 aromatic carbocycles. The maximum Gasteiger partial charge on any atom is 0.328 e. The van der Waals surface area contributed by atoms with Crippen LogP contribution in [0.5, 0.6) is 5.75 Å². The molecule has 0 bridgehead atoms. The third-order valence-corrected chi connectivity index (χ3v) is 3.99. The summed E-state index contributed by atoms with van der Waals surface area (Å²) < 4.78 is 0. The lowest BCUT2D eigenvalue weighted by Crippen LogP contribution is -1.98. The fraction of sp³-hybridized carbons (Fsp3) is 0.0526. The molecule has 24 heavy (non-hydrogen) atoms. The fourth-order valence-electron chi connectivity index (χ4n) is 3.07. The van der Waals surface area contributed by atoms with Gasteiger partial charge < -0.3 is 15.3 Å². The van der Waals surface area contributed by atoms with Gasteiger partial charge in [0.2, 0.25) is 0 Å². The molecule has 0 fully saturated rings. The Morgan fingerprint density at radius 3 is 2.33 bits per heavy atom. The number of phenolic OH excluding ortho intramolecular Hbond substituents is 1. The molecule has 0 amide bonds. The maximum atomic E-state index is 10.9. The first kappa shape index (κ1) is 15.6. The molecule has 0 aromatic heterocycles. The highest BCUT2D eigenvalue weighted by atomic mass is 16.4. The van der Waals surface area contributed by atoms with Gasteiger partial charge in [0.1, 0.15) is 5.75 Å². The Kier molecular flexibility index (Phi) is 3.92. The molecule has 5 heteroatoms. The van der Waals surface area contributed by atoms with Crippen LogP contribution in [0.25, 0.3) is 17.2 Å². The number of rotatable bonds is 4. The molecule has 0 spiro atoms. The van der Waals surface area contributed by atoms with Gasteiger partial charge in [-0.3, -0.25) is 0 Å². The van der Waals surface area contributed by atoms with Crippen LogP contribution in [0.4, 0.5) is 0 Å². The van der Waals surface area contributed by atoms with E-state index in [1.165, 1.54) is 12.1 Å². The van der Waals surface area contributed by atoms with E-state index in [2.05, 4.69) is 0 Å². The second-order valence-corrected chi connectivity index (χ2v) is 5.39. The van der Waals surface area contributed by atoms with Crippen LogP contribution in [0.15, 0.2) is 54.6 Å². The molecule has 0 aliphatic heterocycles. The summed E-state index contributed by atoms with van der Waals surface area (Å²) in [6.07, 6.45) is 4.90. The molecule has 0 radical (unpaired) electrons. The zero-order valence-electron chi connectivity index (χ0n) is 12.5. The van der Waals surface area contributed by atoms with Gasteiger partial charge in [0.15, 0.2) is 0 Å². The van der Waals surface area contributed by atoms with Gasteiger partial charge in [0, 0.05) is 23.6 Å². The highest BCUT2D eigenvalue weighted by molar-refractivity contribution is 5.90. The minimum absolute atomic E-state index is 0.0484. The summed E-state index contributed by atoms with van der Waals surface area (Å²) in [5.41, 5.74) is 3.80. The van der Waals surface area contributed by atoms with Gasteiger partial charge in [0.05, 0.1) is 0 Å². The number of carboxylic acids is 2. The van der Waals surface area contributed by atoms with Gasteiger partial charge in [-0.05, 0) is 34.4 Å². The number of allylic oxidation sites excluding steroid dienone is 1. The number of aliphatic carboxylic acids is 2. The first-order valence-corrected chi connectivity index (χ1v) is 7.26. The highest BCUT2D eigenvalue weighted by Gasteiger charge is 2.29. The van der Waals surface area contributed by atoms with E-state index in [4.69, 9.17) is 10.2 Å². The van der Waals surface area contributed by atoms with Crippen molar-refractivity contribution in [2.24, 2.45) is 0 Å². The Morgan fingerprint density at radius 2 is 1.62 bits per heavy atom. The predicted octanol–water partition coefficient (Wildman–Crippen LogP) is 3.24. The van der Waals surface area contributed by atoms with Crippen LogP contribution in [0.3, 0.4) is 0 Å². The van der Waals surface area contributed by atoms with Crippen molar-refractivity contribution in [2.75, 3.05) is 0 Å². The molecule has 5 nitrogen and oxygen atoms in total. The summed E-state index contributed by atoms with van der Waals surface area (Å²) in [6.45, 7) is 0. The monoisotopic (exact) mass is 322 g/mol. The molecule has 1 aliphatic carbocycles. The molecular formula is C19H14O5. The number of carboxylic acid groups (broad SMARTS) is 2. The highest BCUT2D eigenvalue weighted by Crippen LogP contribution is 2.49. The molecule has 0 saturated heterocycles. The van der Waals surface area contributed by atoms with Gasteiger partial charge in [-0.2, -0.15) is 0 Å². The van der Waals surface area contributed by atoms with Crippen molar-refractivity contribution >= 4 is 18.0 Å². The number of aromatic hydroxyl groups is 1. The molecular weight excluding hydrogens is 308 g/mol. The van der Waals surface area contributed by atoms with Crippen molar-refractivity contribution in [2.45, 2.75) is 5.92 Å². The molecule has 1 unspecified atom stereocenters. The number of fused-ring (bicyclic) bond motifs is 3. The van der Waals surface area contributed by atoms with Crippen LogP contribution in [0, 0.1) is 0 Å². The van der Waals surface area contributed by atoms with Crippen LogP contribution in [-0.2, 0) is 9.59 Å². The van der Waals surface area contributed by atoms with E-state index in [-0.39, 0.29) is 11.7 Å². The summed E-state index contributed by atoms with van der Waals surface area (Å²) in [6, 6.07) is 10.8. The first-order chi connectivity index (χ1) is 11.5. The largest absolute Gasteiger partial charge is 0.507 e. The third kappa shape index (κ3) is 2.67. The maximum absolute atomic E-state index is 10.9. The average Bonchev–Trinajstić information content (AvgIpc) is 2.85. The number of hydrogen-bond acceptors (Lipinski definition) is 3. The van der Waals surface area contributed by atoms with Crippen molar-refractivity contribution in [1.29, 1.82) is 0 Å². The number of carbonyl (C=O) groups is 2. The minimum Gasteiger partial charge on any atom is -0.507 e. The summed E-state index contributed by atoms with van der Waals surface area (Å²) in [5.74, 6) is -2.61. The standard InChI is InChI=1S/C19H14O5/c20-16-8-5-13-11-3-1-2-4-12(11)14(6-9-17(21)22)19(13)15(16)7-10-18(23)24/h1-10,14,20H,(H,21,22)(H,23,24). The molecule has 1 aliphatic rings. The van der Waals surface area contributed by atoms with Crippen LogP contribution in [-0.4, -0.2) is 27.3 Å². The van der Waals surface area contributed by atoms with E-state index in [9.17, 15) is 14.7 Å². The van der Waals surface area contributed by atoms with Crippen LogP contribution in [0.2, 0.25) is 0 Å². The SMILES string of the molecule is O=C(O)C=Cc1c(O)ccc2c1C(C=CC(=O)O)c1ccccc1-2. The molecule has 120 valence electrons. The second kappa shape index (κ2) is 6.04. The Bertz CT molecular complexity index is 893. The van der Waals surface area contributed by atoms with E-state index >= 15 is 0 Å². The normalized spacial score (nSPS) is 15.6. The van der Waals surface area contributed by atoms with Crippen LogP contribution >= 0.6 is 0 Å². The van der Waals surface area contributed by atoms with Crippen molar-refractivity contribution in [3.8, 4) is 16.9 Å². The topological polar surface area (TPSA) is 94.8 Å². The lowest BCUT2D eigenvalue weighted by molar-refractivity contribution is -0.132. The molecule has 3 rings (SSSR count). The quantitative estimate of drug-likeness (QED) is 0.751. The molecule has 0 heterocycles.